The monoisotopic (exact) mass is 512 g/mol. The van der Waals surface area contributed by atoms with Gasteiger partial charge in [0.25, 0.3) is 16.8 Å². The number of hydrogen-bond donors (Lipinski definition) is 0. The van der Waals surface area contributed by atoms with E-state index in [1.54, 1.807) is 17.0 Å². The van der Waals surface area contributed by atoms with Gasteiger partial charge in [0.2, 0.25) is 11.7 Å². The fourth-order valence-corrected chi connectivity index (χ4v) is 4.61. The Morgan fingerprint density at radius 1 is 1.00 bits per heavy atom. The molecule has 2 aromatic carbocycles. The number of benzene rings is 2. The van der Waals surface area contributed by atoms with Gasteiger partial charge in [0, 0.05) is 19.2 Å². The predicted molar refractivity (Wildman–Crippen MR) is 129 cm³/mol. The standard InChI is InChI=1S/C23H20N4O8S/c28-21(24-10-2-1-3-11-24)14-25-22(29)20(36-23(25)30)12-15-4-7-17(8-5-15)35-19-9-6-16(26(31)32)13-18(19)27(33)34/h4-9,12-13H,1-3,10-11,14H2/b20-12-. The third-order valence-corrected chi connectivity index (χ3v) is 6.54. The lowest BCUT2D eigenvalue weighted by Gasteiger charge is -2.27. The Morgan fingerprint density at radius 3 is 2.33 bits per heavy atom. The maximum absolute atomic E-state index is 12.7. The lowest BCUT2D eigenvalue weighted by Crippen LogP contribution is -2.44. The second-order valence-electron chi connectivity index (χ2n) is 8.05. The van der Waals surface area contributed by atoms with Crippen LogP contribution in [0.3, 0.4) is 0 Å². The Labute approximate surface area is 208 Å². The van der Waals surface area contributed by atoms with Gasteiger partial charge in [-0.3, -0.25) is 39.5 Å². The zero-order valence-electron chi connectivity index (χ0n) is 18.8. The van der Waals surface area contributed by atoms with E-state index in [9.17, 15) is 34.6 Å². The summed E-state index contributed by atoms with van der Waals surface area (Å²) in [6.07, 6.45) is 4.38. The van der Waals surface area contributed by atoms with Crippen LogP contribution in [0.5, 0.6) is 11.5 Å². The fraction of sp³-hybridized carbons (Fsp3) is 0.261. The van der Waals surface area contributed by atoms with Crippen molar-refractivity contribution in [2.45, 2.75) is 19.3 Å². The summed E-state index contributed by atoms with van der Waals surface area (Å²) in [7, 11) is 0. The molecule has 0 bridgehead atoms. The molecule has 2 saturated heterocycles. The van der Waals surface area contributed by atoms with Crippen LogP contribution in [0.25, 0.3) is 6.08 Å². The lowest BCUT2D eigenvalue weighted by molar-refractivity contribution is -0.394. The van der Waals surface area contributed by atoms with Crippen LogP contribution in [0.2, 0.25) is 0 Å². The highest BCUT2D eigenvalue weighted by Gasteiger charge is 2.37. The number of likely N-dealkylation sites (tertiary alicyclic amines) is 1. The minimum Gasteiger partial charge on any atom is -0.450 e. The van der Waals surface area contributed by atoms with Gasteiger partial charge in [0.1, 0.15) is 12.3 Å². The number of nitro benzene ring substituents is 2. The van der Waals surface area contributed by atoms with Crippen LogP contribution in [-0.4, -0.2) is 56.3 Å². The van der Waals surface area contributed by atoms with E-state index in [1.165, 1.54) is 18.2 Å². The number of carbonyl (C=O) groups excluding carboxylic acids is 3. The number of imide groups is 1. The molecule has 0 saturated carbocycles. The van der Waals surface area contributed by atoms with Gasteiger partial charge in [0.15, 0.2) is 0 Å². The maximum atomic E-state index is 12.7. The number of amides is 3. The Hall–Kier alpha value is -4.26. The zero-order valence-corrected chi connectivity index (χ0v) is 19.6. The second kappa shape index (κ2) is 10.6. The molecule has 0 atom stereocenters. The number of non-ortho nitro benzene ring substituents is 1. The summed E-state index contributed by atoms with van der Waals surface area (Å²) in [5, 5.41) is 21.7. The molecule has 186 valence electrons. The third kappa shape index (κ3) is 5.51. The van der Waals surface area contributed by atoms with Crippen LogP contribution >= 0.6 is 11.8 Å². The molecule has 12 nitrogen and oxygen atoms in total. The highest BCUT2D eigenvalue weighted by molar-refractivity contribution is 8.18. The average Bonchev–Trinajstić information content (AvgIpc) is 3.12. The molecule has 2 aliphatic rings. The van der Waals surface area contributed by atoms with E-state index < -0.39 is 32.4 Å². The van der Waals surface area contributed by atoms with Crippen molar-refractivity contribution in [2.24, 2.45) is 0 Å². The molecular weight excluding hydrogens is 492 g/mol. The first-order valence-electron chi connectivity index (χ1n) is 11.0. The van der Waals surface area contributed by atoms with Gasteiger partial charge in [-0.25, -0.2) is 0 Å². The van der Waals surface area contributed by atoms with Crippen molar-refractivity contribution in [2.75, 3.05) is 19.6 Å². The molecule has 0 unspecified atom stereocenters. The van der Waals surface area contributed by atoms with Crippen molar-refractivity contribution in [1.82, 2.24) is 9.80 Å². The van der Waals surface area contributed by atoms with E-state index in [0.29, 0.717) is 18.7 Å². The normalized spacial score (nSPS) is 16.9. The molecule has 13 heteroatoms. The summed E-state index contributed by atoms with van der Waals surface area (Å²) in [6, 6.07) is 9.23. The minimum absolute atomic E-state index is 0.169. The number of hydrogen-bond acceptors (Lipinski definition) is 9. The highest BCUT2D eigenvalue weighted by atomic mass is 32.2. The van der Waals surface area contributed by atoms with E-state index >= 15 is 0 Å². The van der Waals surface area contributed by atoms with Gasteiger partial charge in [-0.05, 0) is 60.9 Å². The predicted octanol–water partition coefficient (Wildman–Crippen LogP) is 4.34. The molecule has 0 aromatic heterocycles. The van der Waals surface area contributed by atoms with Crippen molar-refractivity contribution in [3.63, 3.8) is 0 Å². The van der Waals surface area contributed by atoms with Gasteiger partial charge in [-0.15, -0.1) is 0 Å². The SMILES string of the molecule is O=C(CN1C(=O)S/C(=C\c2ccc(Oc3ccc([N+](=O)[O-])cc3[N+](=O)[O-])cc2)C1=O)N1CCCCC1. The number of nitrogens with zero attached hydrogens (tertiary/aromatic N) is 4. The summed E-state index contributed by atoms with van der Waals surface area (Å²) in [6.45, 7) is 0.966. The maximum Gasteiger partial charge on any atom is 0.318 e. The zero-order chi connectivity index (χ0) is 25.8. The van der Waals surface area contributed by atoms with Crippen LogP contribution in [0.1, 0.15) is 24.8 Å². The smallest absolute Gasteiger partial charge is 0.318 e. The van der Waals surface area contributed by atoms with Crippen molar-refractivity contribution in [3.8, 4) is 11.5 Å². The Bertz CT molecular complexity index is 1270. The van der Waals surface area contributed by atoms with Gasteiger partial charge in [-0.1, -0.05) is 12.1 Å². The largest absolute Gasteiger partial charge is 0.450 e. The van der Waals surface area contributed by atoms with Crippen LogP contribution in [0.4, 0.5) is 16.2 Å². The number of thioether (sulfide) groups is 1. The molecule has 2 aromatic rings. The lowest BCUT2D eigenvalue weighted by atomic mass is 10.1. The first-order valence-corrected chi connectivity index (χ1v) is 11.8. The van der Waals surface area contributed by atoms with Crippen LogP contribution in [0.15, 0.2) is 47.4 Å². The van der Waals surface area contributed by atoms with Crippen molar-refractivity contribution in [3.05, 3.63) is 73.2 Å². The Kier molecular flexibility index (Phi) is 7.29. The molecule has 0 aliphatic carbocycles. The molecule has 2 fully saturated rings. The van der Waals surface area contributed by atoms with Gasteiger partial charge >= 0.3 is 5.69 Å². The fourth-order valence-electron chi connectivity index (χ4n) is 3.77. The highest BCUT2D eigenvalue weighted by Crippen LogP contribution is 2.35. The molecule has 2 heterocycles. The number of rotatable bonds is 7. The first-order chi connectivity index (χ1) is 17.2. The summed E-state index contributed by atoms with van der Waals surface area (Å²) >= 11 is 0.747. The van der Waals surface area contributed by atoms with E-state index in [0.717, 1.165) is 54.1 Å². The first kappa shape index (κ1) is 24.9. The summed E-state index contributed by atoms with van der Waals surface area (Å²) in [5.74, 6) is -0.737. The van der Waals surface area contributed by atoms with Crippen LogP contribution in [-0.2, 0) is 9.59 Å². The van der Waals surface area contributed by atoms with Gasteiger partial charge in [0.05, 0.1) is 20.8 Å². The summed E-state index contributed by atoms with van der Waals surface area (Å²) in [5.41, 5.74) is -0.426. The van der Waals surface area contributed by atoms with Crippen molar-refractivity contribution >= 4 is 46.3 Å². The summed E-state index contributed by atoms with van der Waals surface area (Å²) in [4.78, 5) is 61.0. The average molecular weight is 513 g/mol. The van der Waals surface area contributed by atoms with E-state index in [2.05, 4.69) is 0 Å². The molecule has 36 heavy (non-hydrogen) atoms. The topological polar surface area (TPSA) is 153 Å². The quantitative estimate of drug-likeness (QED) is 0.299. The third-order valence-electron chi connectivity index (χ3n) is 5.63. The van der Waals surface area contributed by atoms with Crippen LogP contribution in [0, 0.1) is 20.2 Å². The number of ether oxygens (including phenoxy) is 1. The molecule has 4 rings (SSSR count). The molecule has 0 N–H and O–H groups in total. The van der Waals surface area contributed by atoms with Gasteiger partial charge in [-0.2, -0.15) is 0 Å². The van der Waals surface area contributed by atoms with E-state index in [-0.39, 0.29) is 28.9 Å². The second-order valence-corrected chi connectivity index (χ2v) is 9.04. The molecule has 2 aliphatic heterocycles. The Balaban J connectivity index is 1.44. The molecule has 0 spiro atoms. The molecular formula is C23H20N4O8S. The summed E-state index contributed by atoms with van der Waals surface area (Å²) < 4.78 is 5.53. The Morgan fingerprint density at radius 2 is 1.69 bits per heavy atom. The molecule has 0 radical (unpaired) electrons. The minimum atomic E-state index is -0.775. The van der Waals surface area contributed by atoms with Gasteiger partial charge < -0.3 is 9.64 Å². The number of carbonyl (C=O) groups is 3. The number of piperidine rings is 1. The van der Waals surface area contributed by atoms with Crippen LogP contribution < -0.4 is 4.74 Å². The van der Waals surface area contributed by atoms with E-state index in [1.807, 2.05) is 0 Å². The molecule has 3 amide bonds. The van der Waals surface area contributed by atoms with Crippen molar-refractivity contribution in [1.29, 1.82) is 0 Å². The van der Waals surface area contributed by atoms with Crippen molar-refractivity contribution < 1.29 is 29.0 Å². The number of nitro groups is 2. The van der Waals surface area contributed by atoms with E-state index in [4.69, 9.17) is 4.74 Å².